The number of nitrogens with zero attached hydrogens (tertiary/aromatic N) is 1. The van der Waals surface area contributed by atoms with Gasteiger partial charge in [-0.2, -0.15) is 0 Å². The average molecular weight is 379 g/mol. The number of hydrogen-bond acceptors (Lipinski definition) is 5. The van der Waals surface area contributed by atoms with E-state index >= 15 is 0 Å². The van der Waals surface area contributed by atoms with Crippen LogP contribution in [-0.2, 0) is 14.3 Å². The minimum Gasteiger partial charge on any atom is -0.458 e. The smallest absolute Gasteiger partial charge is 0.338 e. The van der Waals surface area contributed by atoms with Gasteiger partial charge in [-0.1, -0.05) is 50.4 Å². The van der Waals surface area contributed by atoms with E-state index in [1.807, 2.05) is 48.4 Å². The SMILES string of the molecule is C=CC(=O)OC(CC)COC(=O)c1ccc(C=CC2=CCN(C=C)C=C2)cc1. The molecular weight excluding hydrogens is 354 g/mol. The lowest BCUT2D eigenvalue weighted by atomic mass is 10.1. The monoisotopic (exact) mass is 379 g/mol. The Kier molecular flexibility index (Phi) is 8.03. The van der Waals surface area contributed by atoms with Crippen molar-refractivity contribution >= 4 is 18.0 Å². The molecule has 0 aliphatic carbocycles. The van der Waals surface area contributed by atoms with Gasteiger partial charge in [-0.15, -0.1) is 0 Å². The van der Waals surface area contributed by atoms with Crippen molar-refractivity contribution in [2.75, 3.05) is 13.2 Å². The fraction of sp³-hybridized carbons (Fsp3) is 0.217. The van der Waals surface area contributed by atoms with E-state index < -0.39 is 18.0 Å². The molecule has 1 aromatic carbocycles. The molecule has 0 bridgehead atoms. The van der Waals surface area contributed by atoms with Crippen molar-refractivity contribution in [2.24, 2.45) is 0 Å². The maximum atomic E-state index is 12.2. The van der Waals surface area contributed by atoms with Crippen LogP contribution >= 0.6 is 0 Å². The Labute approximate surface area is 165 Å². The highest BCUT2D eigenvalue weighted by molar-refractivity contribution is 5.89. The van der Waals surface area contributed by atoms with Gasteiger partial charge < -0.3 is 14.4 Å². The summed E-state index contributed by atoms with van der Waals surface area (Å²) in [5.74, 6) is -0.981. The first kappa shape index (κ1) is 21.0. The lowest BCUT2D eigenvalue weighted by Gasteiger charge is -2.16. The minimum absolute atomic E-state index is 0.0127. The summed E-state index contributed by atoms with van der Waals surface area (Å²) in [4.78, 5) is 25.4. The van der Waals surface area contributed by atoms with Crippen LogP contribution in [0.1, 0.15) is 29.3 Å². The summed E-state index contributed by atoms with van der Waals surface area (Å²) in [7, 11) is 0. The van der Waals surface area contributed by atoms with Gasteiger partial charge in [0.1, 0.15) is 12.7 Å². The van der Waals surface area contributed by atoms with E-state index in [1.54, 1.807) is 18.3 Å². The largest absolute Gasteiger partial charge is 0.458 e. The molecule has 1 atom stereocenters. The van der Waals surface area contributed by atoms with Crippen LogP contribution in [-0.4, -0.2) is 36.1 Å². The molecule has 0 saturated heterocycles. The zero-order valence-electron chi connectivity index (χ0n) is 16.0. The predicted octanol–water partition coefficient (Wildman–Crippen LogP) is 4.26. The molecule has 5 heteroatoms. The summed E-state index contributed by atoms with van der Waals surface area (Å²) in [5, 5.41) is 0. The van der Waals surface area contributed by atoms with Crippen LogP contribution in [0.5, 0.6) is 0 Å². The third-order valence-corrected chi connectivity index (χ3v) is 4.15. The summed E-state index contributed by atoms with van der Waals surface area (Å²) in [6.07, 6.45) is 13.0. The van der Waals surface area contributed by atoms with Gasteiger partial charge in [0.25, 0.3) is 0 Å². The maximum absolute atomic E-state index is 12.2. The molecule has 0 fully saturated rings. The predicted molar refractivity (Wildman–Crippen MR) is 110 cm³/mol. The van der Waals surface area contributed by atoms with Gasteiger partial charge in [-0.05, 0) is 42.0 Å². The number of esters is 2. The van der Waals surface area contributed by atoms with Crippen LogP contribution in [0.15, 0.2) is 79.7 Å². The van der Waals surface area contributed by atoms with E-state index in [4.69, 9.17) is 9.47 Å². The molecule has 0 amide bonds. The zero-order valence-corrected chi connectivity index (χ0v) is 16.0. The Morgan fingerprint density at radius 3 is 2.54 bits per heavy atom. The minimum atomic E-state index is -0.529. The van der Waals surface area contributed by atoms with Crippen LogP contribution in [0.25, 0.3) is 6.08 Å². The third kappa shape index (κ3) is 6.43. The topological polar surface area (TPSA) is 55.8 Å². The van der Waals surface area contributed by atoms with E-state index in [0.717, 1.165) is 23.8 Å². The van der Waals surface area contributed by atoms with E-state index in [0.29, 0.717) is 12.0 Å². The Bertz CT molecular complexity index is 802. The normalized spacial score (nSPS) is 14.3. The molecule has 1 aromatic rings. The fourth-order valence-corrected chi connectivity index (χ4v) is 2.40. The zero-order chi connectivity index (χ0) is 20.4. The summed E-state index contributed by atoms with van der Waals surface area (Å²) in [5.41, 5.74) is 2.53. The summed E-state index contributed by atoms with van der Waals surface area (Å²) in [6, 6.07) is 7.13. The van der Waals surface area contributed by atoms with E-state index in [9.17, 15) is 9.59 Å². The van der Waals surface area contributed by atoms with Gasteiger partial charge in [0.2, 0.25) is 0 Å². The van der Waals surface area contributed by atoms with Crippen molar-refractivity contribution < 1.29 is 19.1 Å². The van der Waals surface area contributed by atoms with Gasteiger partial charge in [0.05, 0.1) is 5.56 Å². The molecule has 1 aliphatic rings. The van der Waals surface area contributed by atoms with Gasteiger partial charge >= 0.3 is 11.9 Å². The Morgan fingerprint density at radius 2 is 1.96 bits per heavy atom. The first-order valence-electron chi connectivity index (χ1n) is 9.10. The first-order valence-corrected chi connectivity index (χ1v) is 9.10. The number of rotatable bonds is 9. The number of allylic oxidation sites excluding steroid dienone is 3. The second kappa shape index (κ2) is 10.7. The second-order valence-corrected chi connectivity index (χ2v) is 6.12. The molecule has 1 heterocycles. The maximum Gasteiger partial charge on any atom is 0.338 e. The van der Waals surface area contributed by atoms with E-state index in [1.165, 1.54) is 0 Å². The molecule has 0 aromatic heterocycles. The van der Waals surface area contributed by atoms with Crippen LogP contribution < -0.4 is 0 Å². The number of hydrogen-bond donors (Lipinski definition) is 0. The van der Waals surface area contributed by atoms with Crippen LogP contribution in [0.3, 0.4) is 0 Å². The van der Waals surface area contributed by atoms with Crippen molar-refractivity contribution in [3.8, 4) is 0 Å². The molecule has 0 spiro atoms. The number of carbonyl (C=O) groups excluding carboxylic acids is 2. The first-order chi connectivity index (χ1) is 13.5. The van der Waals surface area contributed by atoms with Crippen molar-refractivity contribution in [3.05, 3.63) is 90.8 Å². The number of ether oxygens (including phenoxy) is 2. The molecule has 146 valence electrons. The number of carbonyl (C=O) groups is 2. The quantitative estimate of drug-likeness (QED) is 0.474. The standard InChI is InChI=1S/C23H25NO4/c1-4-21(28-22(25)5-2)17-27-23(26)20-11-9-18(10-12-20)7-8-19-13-15-24(6-3)16-14-19/h5-15,21H,2-4,16-17H2,1H3. The molecule has 0 radical (unpaired) electrons. The van der Waals surface area contributed by atoms with Gasteiger partial charge in [0, 0.05) is 18.8 Å². The van der Waals surface area contributed by atoms with Crippen LogP contribution in [0.4, 0.5) is 0 Å². The highest BCUT2D eigenvalue weighted by atomic mass is 16.6. The van der Waals surface area contributed by atoms with Crippen LogP contribution in [0, 0.1) is 0 Å². The van der Waals surface area contributed by atoms with Crippen molar-refractivity contribution in [2.45, 2.75) is 19.4 Å². The highest BCUT2D eigenvalue weighted by Gasteiger charge is 2.14. The molecule has 1 unspecified atom stereocenters. The average Bonchev–Trinajstić information content (AvgIpc) is 2.75. The Balaban J connectivity index is 1.88. The Morgan fingerprint density at radius 1 is 1.21 bits per heavy atom. The molecule has 2 rings (SSSR count). The summed E-state index contributed by atoms with van der Waals surface area (Å²) < 4.78 is 10.3. The van der Waals surface area contributed by atoms with Gasteiger partial charge in [-0.3, -0.25) is 0 Å². The molecule has 0 saturated carbocycles. The van der Waals surface area contributed by atoms with Gasteiger partial charge in [0.15, 0.2) is 0 Å². The van der Waals surface area contributed by atoms with Crippen LogP contribution in [0.2, 0.25) is 0 Å². The highest BCUT2D eigenvalue weighted by Crippen LogP contribution is 2.13. The third-order valence-electron chi connectivity index (χ3n) is 4.15. The van der Waals surface area contributed by atoms with E-state index in [-0.39, 0.29) is 6.61 Å². The summed E-state index contributed by atoms with van der Waals surface area (Å²) >= 11 is 0. The fourth-order valence-electron chi connectivity index (χ4n) is 2.40. The molecule has 1 aliphatic heterocycles. The van der Waals surface area contributed by atoms with Crippen molar-refractivity contribution in [3.63, 3.8) is 0 Å². The molecule has 0 N–H and O–H groups in total. The summed E-state index contributed by atoms with van der Waals surface area (Å²) in [6.45, 7) is 9.74. The molecule has 5 nitrogen and oxygen atoms in total. The lowest BCUT2D eigenvalue weighted by molar-refractivity contribution is -0.145. The lowest BCUT2D eigenvalue weighted by Crippen LogP contribution is -2.23. The second-order valence-electron chi connectivity index (χ2n) is 6.12. The Hall–Kier alpha value is -3.34. The van der Waals surface area contributed by atoms with Crippen molar-refractivity contribution in [1.82, 2.24) is 4.90 Å². The van der Waals surface area contributed by atoms with Crippen molar-refractivity contribution in [1.29, 1.82) is 0 Å². The molecule has 28 heavy (non-hydrogen) atoms. The molecular formula is C23H25NO4. The van der Waals surface area contributed by atoms with Gasteiger partial charge in [-0.25, -0.2) is 9.59 Å². The van der Waals surface area contributed by atoms with E-state index in [2.05, 4.69) is 19.2 Å². The number of benzene rings is 1.